The van der Waals surface area contributed by atoms with Gasteiger partial charge >= 0.3 is 6.03 Å². The van der Waals surface area contributed by atoms with Crippen molar-refractivity contribution in [3.8, 4) is 0 Å². The Morgan fingerprint density at radius 1 is 1.42 bits per heavy atom. The van der Waals surface area contributed by atoms with E-state index < -0.39 is 12.1 Å². The summed E-state index contributed by atoms with van der Waals surface area (Å²) in [4.78, 5) is 11.5. The Bertz CT molecular complexity index is 527. The Morgan fingerprint density at radius 3 is 2.79 bits per heavy atom. The molecule has 0 saturated heterocycles. The van der Waals surface area contributed by atoms with Crippen LogP contribution in [0.4, 0.5) is 9.93 Å². The van der Waals surface area contributed by atoms with Crippen molar-refractivity contribution in [2.45, 2.75) is 13.0 Å². The molecule has 1 heterocycles. The molecule has 0 spiro atoms. The van der Waals surface area contributed by atoms with E-state index in [4.69, 9.17) is 0 Å². The van der Waals surface area contributed by atoms with E-state index in [1.807, 2.05) is 31.2 Å². The zero-order valence-electron chi connectivity index (χ0n) is 10.3. The van der Waals surface area contributed by atoms with Crippen LogP contribution in [0.2, 0.25) is 0 Å². The van der Waals surface area contributed by atoms with Crippen LogP contribution in [0.15, 0.2) is 29.8 Å². The third-order valence-corrected chi connectivity index (χ3v) is 3.11. The second-order valence-electron chi connectivity index (χ2n) is 4.01. The average molecular weight is 278 g/mol. The van der Waals surface area contributed by atoms with Crippen LogP contribution in [0.25, 0.3) is 0 Å². The number of hydrogen-bond donors (Lipinski definition) is 3. The molecule has 0 aliphatic heterocycles. The summed E-state index contributed by atoms with van der Waals surface area (Å²) in [6.07, 6.45) is -0.735. The van der Waals surface area contributed by atoms with E-state index in [1.165, 1.54) is 16.8 Å². The van der Waals surface area contributed by atoms with Crippen molar-refractivity contribution >= 4 is 22.5 Å². The zero-order chi connectivity index (χ0) is 13.7. The molecule has 2 amide bonds. The van der Waals surface area contributed by atoms with Crippen LogP contribution >= 0.6 is 11.3 Å². The minimum atomic E-state index is -0.735. The van der Waals surface area contributed by atoms with Crippen molar-refractivity contribution in [1.29, 1.82) is 0 Å². The summed E-state index contributed by atoms with van der Waals surface area (Å²) < 4.78 is 0. The van der Waals surface area contributed by atoms with Crippen LogP contribution in [0.3, 0.4) is 0 Å². The molecule has 0 aliphatic carbocycles. The third kappa shape index (κ3) is 4.01. The Labute approximate surface area is 114 Å². The third-order valence-electron chi connectivity index (χ3n) is 2.50. The number of aliphatic hydroxyl groups is 1. The highest BCUT2D eigenvalue weighted by atomic mass is 32.1. The Balaban J connectivity index is 1.81. The van der Waals surface area contributed by atoms with Gasteiger partial charge in [-0.1, -0.05) is 41.2 Å². The van der Waals surface area contributed by atoms with E-state index in [2.05, 4.69) is 20.8 Å². The number of amides is 2. The van der Waals surface area contributed by atoms with Crippen LogP contribution in [0, 0.1) is 6.92 Å². The molecule has 0 bridgehead atoms. The molecular weight excluding hydrogens is 264 g/mol. The van der Waals surface area contributed by atoms with E-state index in [-0.39, 0.29) is 6.54 Å². The fourth-order valence-electron chi connectivity index (χ4n) is 1.46. The van der Waals surface area contributed by atoms with Crippen LogP contribution in [0.5, 0.6) is 0 Å². The minimum Gasteiger partial charge on any atom is -0.387 e. The second kappa shape index (κ2) is 6.26. The van der Waals surface area contributed by atoms with E-state index in [9.17, 15) is 9.90 Å². The molecule has 19 heavy (non-hydrogen) atoms. The number of urea groups is 1. The van der Waals surface area contributed by atoms with Gasteiger partial charge < -0.3 is 10.4 Å². The molecule has 0 aliphatic rings. The smallest absolute Gasteiger partial charge is 0.321 e. The first-order valence-electron chi connectivity index (χ1n) is 5.71. The molecule has 1 aromatic carbocycles. The van der Waals surface area contributed by atoms with Crippen LogP contribution in [-0.4, -0.2) is 27.9 Å². The minimum absolute atomic E-state index is 0.133. The molecule has 0 saturated carbocycles. The Hall–Kier alpha value is -1.99. The molecule has 2 rings (SSSR count). The standard InChI is InChI=1S/C12H14N4O2S/c1-8-2-4-9(5-3-8)10(17)6-13-11(18)15-12-16-14-7-19-12/h2-5,7,10,17H,6H2,1H3,(H2,13,15,16,18)/t10-/m0/s1. The molecule has 2 aromatic rings. The molecule has 0 unspecified atom stereocenters. The number of nitrogens with one attached hydrogen (secondary N) is 2. The van der Waals surface area contributed by atoms with Gasteiger partial charge in [0.2, 0.25) is 5.13 Å². The zero-order valence-corrected chi connectivity index (χ0v) is 11.1. The number of aliphatic hydroxyl groups excluding tert-OH is 1. The summed E-state index contributed by atoms with van der Waals surface area (Å²) in [6.45, 7) is 2.11. The van der Waals surface area contributed by atoms with Crippen molar-refractivity contribution in [2.75, 3.05) is 11.9 Å². The van der Waals surface area contributed by atoms with E-state index in [1.54, 1.807) is 0 Å². The Kier molecular flexibility index (Phi) is 4.43. The molecule has 1 aromatic heterocycles. The number of nitrogens with zero attached hydrogens (tertiary/aromatic N) is 2. The summed E-state index contributed by atoms with van der Waals surface area (Å²) in [7, 11) is 0. The SMILES string of the molecule is Cc1ccc([C@@H](O)CNC(=O)Nc2nncs2)cc1. The topological polar surface area (TPSA) is 87.1 Å². The quantitative estimate of drug-likeness (QED) is 0.794. The largest absolute Gasteiger partial charge is 0.387 e. The van der Waals surface area contributed by atoms with Gasteiger partial charge in [0.05, 0.1) is 6.10 Å². The van der Waals surface area contributed by atoms with Crippen molar-refractivity contribution in [3.05, 3.63) is 40.9 Å². The number of carbonyl (C=O) groups is 1. The number of anilines is 1. The van der Waals surface area contributed by atoms with Gasteiger partial charge in [-0.25, -0.2) is 4.79 Å². The van der Waals surface area contributed by atoms with E-state index in [0.29, 0.717) is 5.13 Å². The summed E-state index contributed by atoms with van der Waals surface area (Å²) >= 11 is 1.23. The number of aryl methyl sites for hydroxylation is 1. The Morgan fingerprint density at radius 2 is 2.16 bits per heavy atom. The van der Waals surface area contributed by atoms with Crippen LogP contribution < -0.4 is 10.6 Å². The summed E-state index contributed by atoms with van der Waals surface area (Å²) in [6, 6.07) is 7.09. The second-order valence-corrected chi connectivity index (χ2v) is 4.84. The number of rotatable bonds is 4. The molecule has 1 atom stereocenters. The normalized spacial score (nSPS) is 11.9. The first-order chi connectivity index (χ1) is 9.15. The molecular formula is C12H14N4O2S. The lowest BCUT2D eigenvalue weighted by atomic mass is 10.1. The molecule has 6 nitrogen and oxygen atoms in total. The van der Waals surface area contributed by atoms with Gasteiger partial charge in [-0.05, 0) is 12.5 Å². The van der Waals surface area contributed by atoms with Gasteiger partial charge in [-0.2, -0.15) is 0 Å². The number of aromatic nitrogens is 2. The first kappa shape index (κ1) is 13.4. The van der Waals surface area contributed by atoms with Gasteiger partial charge in [-0.3, -0.25) is 5.32 Å². The molecule has 0 radical (unpaired) electrons. The predicted molar refractivity (Wildman–Crippen MR) is 73.1 cm³/mol. The van der Waals surface area contributed by atoms with Gasteiger partial charge in [-0.15, -0.1) is 10.2 Å². The fraction of sp³-hybridized carbons (Fsp3) is 0.250. The van der Waals surface area contributed by atoms with Crippen molar-refractivity contribution < 1.29 is 9.90 Å². The van der Waals surface area contributed by atoms with Gasteiger partial charge in [0.15, 0.2) is 0 Å². The highest BCUT2D eigenvalue weighted by molar-refractivity contribution is 7.13. The summed E-state index contributed by atoms with van der Waals surface area (Å²) in [5.74, 6) is 0. The van der Waals surface area contributed by atoms with E-state index in [0.717, 1.165) is 11.1 Å². The molecule has 100 valence electrons. The highest BCUT2D eigenvalue weighted by Gasteiger charge is 2.10. The van der Waals surface area contributed by atoms with Crippen LogP contribution in [0.1, 0.15) is 17.2 Å². The van der Waals surface area contributed by atoms with Gasteiger partial charge in [0, 0.05) is 6.54 Å². The number of benzene rings is 1. The van der Waals surface area contributed by atoms with Gasteiger partial charge in [0.25, 0.3) is 0 Å². The molecule has 0 fully saturated rings. The lowest BCUT2D eigenvalue weighted by Crippen LogP contribution is -2.32. The van der Waals surface area contributed by atoms with Crippen molar-refractivity contribution in [3.63, 3.8) is 0 Å². The van der Waals surface area contributed by atoms with E-state index >= 15 is 0 Å². The summed E-state index contributed by atoms with van der Waals surface area (Å²) in [5, 5.41) is 22.7. The number of hydrogen-bond acceptors (Lipinski definition) is 5. The molecule has 3 N–H and O–H groups in total. The number of carbonyl (C=O) groups excluding carboxylic acids is 1. The monoisotopic (exact) mass is 278 g/mol. The first-order valence-corrected chi connectivity index (χ1v) is 6.59. The lowest BCUT2D eigenvalue weighted by molar-refractivity contribution is 0.175. The molecule has 7 heteroatoms. The maximum atomic E-state index is 11.5. The van der Waals surface area contributed by atoms with Crippen LogP contribution in [-0.2, 0) is 0 Å². The highest BCUT2D eigenvalue weighted by Crippen LogP contribution is 2.13. The summed E-state index contributed by atoms with van der Waals surface area (Å²) in [5.41, 5.74) is 3.41. The maximum absolute atomic E-state index is 11.5. The van der Waals surface area contributed by atoms with Crippen molar-refractivity contribution in [1.82, 2.24) is 15.5 Å². The lowest BCUT2D eigenvalue weighted by Gasteiger charge is -2.12. The fourth-order valence-corrected chi connectivity index (χ4v) is 1.90. The average Bonchev–Trinajstić information content (AvgIpc) is 2.89. The predicted octanol–water partition coefficient (Wildman–Crippen LogP) is 1.70. The van der Waals surface area contributed by atoms with Crippen molar-refractivity contribution in [2.24, 2.45) is 0 Å². The maximum Gasteiger partial charge on any atom is 0.321 e. The van der Waals surface area contributed by atoms with Gasteiger partial charge in [0.1, 0.15) is 5.51 Å².